The Hall–Kier alpha value is -2.68. The average Bonchev–Trinajstić information content (AvgIpc) is 3.00. The summed E-state index contributed by atoms with van der Waals surface area (Å²) in [4.78, 5) is 49.9. The Morgan fingerprint density at radius 2 is 0.872 bits per heavy atom. The molecule has 276 valence electrons. The van der Waals surface area contributed by atoms with Crippen molar-refractivity contribution in [2.75, 3.05) is 125 Å². The van der Waals surface area contributed by atoms with E-state index in [4.69, 9.17) is 52.6 Å². The van der Waals surface area contributed by atoms with Crippen LogP contribution in [-0.4, -0.2) is 160 Å². The number of carbonyl (C=O) groups is 4. The number of carboxylic acids is 1. The molecule has 0 aromatic rings. The molecule has 0 bridgehead atoms. The smallest absolute Gasteiger partial charge is 0.431 e. The molecule has 0 saturated heterocycles. The molecule has 0 atom stereocenters. The van der Waals surface area contributed by atoms with Crippen molar-refractivity contribution < 1.29 is 71.8 Å². The van der Waals surface area contributed by atoms with Crippen LogP contribution in [0, 0.1) is 0 Å². The summed E-state index contributed by atoms with van der Waals surface area (Å²) in [6.07, 6.45) is -0.565. The lowest BCUT2D eigenvalue weighted by molar-refractivity contribution is -0.138. The monoisotopic (exact) mass is 685 g/mol. The number of carboxylic acid groups (broad SMARTS) is 1. The molecule has 4 N–H and O–H groups in total. The molecule has 3 amide bonds. The molecular weight excluding hydrogens is 630 g/mol. The zero-order valence-electron chi connectivity index (χ0n) is 28.0. The molecule has 0 aliphatic carbocycles. The molecular formula is C29H55N3O15. The minimum Gasteiger partial charge on any atom is -0.481 e. The molecule has 47 heavy (non-hydrogen) atoms. The highest BCUT2D eigenvalue weighted by atomic mass is 16.7. The Kier molecular flexibility index (Phi) is 30.1. The van der Waals surface area contributed by atoms with E-state index < -0.39 is 23.6 Å². The Bertz CT molecular complexity index is 799. The Labute approximate surface area is 276 Å². The summed E-state index contributed by atoms with van der Waals surface area (Å²) < 4.78 is 47.7. The number of hydrogen-bond acceptors (Lipinski definition) is 14. The quantitative estimate of drug-likeness (QED) is 0.0514. The number of hydrogen-bond donors (Lipinski definition) is 4. The van der Waals surface area contributed by atoms with Gasteiger partial charge >= 0.3 is 12.1 Å². The summed E-state index contributed by atoms with van der Waals surface area (Å²) in [5.74, 6) is -1.44. The van der Waals surface area contributed by atoms with Crippen molar-refractivity contribution in [2.45, 2.75) is 39.2 Å². The molecule has 0 aromatic heterocycles. The fourth-order valence-corrected chi connectivity index (χ4v) is 2.97. The summed E-state index contributed by atoms with van der Waals surface area (Å²) in [5, 5.41) is 13.8. The number of hydroxylamine groups is 1. The van der Waals surface area contributed by atoms with Gasteiger partial charge in [0.05, 0.1) is 112 Å². The molecule has 0 rings (SSSR count). The van der Waals surface area contributed by atoms with Crippen LogP contribution >= 0.6 is 0 Å². The van der Waals surface area contributed by atoms with Crippen LogP contribution in [0.3, 0.4) is 0 Å². The first-order valence-electron chi connectivity index (χ1n) is 15.6. The van der Waals surface area contributed by atoms with Crippen molar-refractivity contribution in [2.24, 2.45) is 0 Å². The van der Waals surface area contributed by atoms with Crippen molar-refractivity contribution in [1.29, 1.82) is 0 Å². The molecule has 0 aromatic carbocycles. The minimum atomic E-state index is -0.893. The molecule has 0 aliphatic heterocycles. The van der Waals surface area contributed by atoms with Crippen LogP contribution in [0.2, 0.25) is 0 Å². The second-order valence-corrected chi connectivity index (χ2v) is 10.4. The fraction of sp³-hybridized carbons (Fsp3) is 0.862. The maximum Gasteiger partial charge on any atom is 0.431 e. The zero-order valence-corrected chi connectivity index (χ0v) is 28.0. The normalized spacial score (nSPS) is 11.3. The van der Waals surface area contributed by atoms with Crippen LogP contribution in [0.1, 0.15) is 33.6 Å². The average molecular weight is 686 g/mol. The van der Waals surface area contributed by atoms with E-state index in [-0.39, 0.29) is 45.1 Å². The second-order valence-electron chi connectivity index (χ2n) is 10.4. The van der Waals surface area contributed by atoms with Crippen LogP contribution in [0.15, 0.2) is 0 Å². The van der Waals surface area contributed by atoms with Crippen LogP contribution in [0.4, 0.5) is 4.79 Å². The van der Waals surface area contributed by atoms with E-state index in [1.807, 2.05) is 5.48 Å². The number of ether oxygens (including phenoxy) is 9. The Morgan fingerprint density at radius 3 is 1.28 bits per heavy atom. The number of aliphatic carboxylic acids is 1. The predicted octanol–water partition coefficient (Wildman–Crippen LogP) is -0.327. The third-order valence-corrected chi connectivity index (χ3v) is 5.06. The molecule has 18 nitrogen and oxygen atoms in total. The van der Waals surface area contributed by atoms with Gasteiger partial charge in [-0.05, 0) is 20.8 Å². The van der Waals surface area contributed by atoms with Gasteiger partial charge in [0.1, 0.15) is 5.60 Å². The Morgan fingerprint density at radius 1 is 0.511 bits per heavy atom. The molecule has 0 spiro atoms. The van der Waals surface area contributed by atoms with Crippen LogP contribution in [0.5, 0.6) is 0 Å². The van der Waals surface area contributed by atoms with Gasteiger partial charge < -0.3 is 58.4 Å². The number of rotatable bonds is 33. The molecule has 0 fully saturated rings. The number of carbonyl (C=O) groups excluding carboxylic acids is 3. The largest absolute Gasteiger partial charge is 0.481 e. The zero-order chi connectivity index (χ0) is 34.9. The number of nitrogens with one attached hydrogen (secondary N) is 3. The van der Waals surface area contributed by atoms with E-state index in [1.165, 1.54) is 0 Å². The molecule has 18 heteroatoms. The van der Waals surface area contributed by atoms with Gasteiger partial charge in [-0.2, -0.15) is 5.48 Å². The maximum atomic E-state index is 11.8. The lowest BCUT2D eigenvalue weighted by Crippen LogP contribution is -2.37. The summed E-state index contributed by atoms with van der Waals surface area (Å²) in [7, 11) is 0. The van der Waals surface area contributed by atoms with Gasteiger partial charge in [0.15, 0.2) is 6.61 Å². The molecule has 0 radical (unpaired) electrons. The summed E-state index contributed by atoms with van der Waals surface area (Å²) in [6.45, 7) is 11.1. The van der Waals surface area contributed by atoms with E-state index >= 15 is 0 Å². The van der Waals surface area contributed by atoms with Crippen molar-refractivity contribution in [3.8, 4) is 0 Å². The van der Waals surface area contributed by atoms with Gasteiger partial charge in [0, 0.05) is 19.5 Å². The van der Waals surface area contributed by atoms with Gasteiger partial charge in [-0.3, -0.25) is 19.2 Å². The standard InChI is InChI=1S/C29H55N3O15/c1-29(2,3)47-28(37)32-46-24-26(34)31-7-11-41-15-19-45-22-20-42-16-12-38-8-4-25(33)30-6-10-40-14-18-44-23-21-43-17-13-39-9-5-27(35)36/h4-24H2,1-3H3,(H,30,33)(H,31,34)(H,32,37)(H,35,36). The van der Waals surface area contributed by atoms with E-state index in [1.54, 1.807) is 20.8 Å². The second kappa shape index (κ2) is 31.9. The van der Waals surface area contributed by atoms with Crippen molar-refractivity contribution in [3.63, 3.8) is 0 Å². The van der Waals surface area contributed by atoms with E-state index in [9.17, 15) is 19.2 Å². The molecule has 0 heterocycles. The maximum absolute atomic E-state index is 11.8. The summed E-state index contributed by atoms with van der Waals surface area (Å²) in [5.41, 5.74) is 1.37. The molecule has 0 aliphatic rings. The SMILES string of the molecule is CC(C)(C)OC(=O)NOCC(=O)NCCOCCOCCOCCOCCC(=O)NCCOCCOCCOCCOCCC(=O)O. The van der Waals surface area contributed by atoms with E-state index in [0.29, 0.717) is 99.0 Å². The van der Waals surface area contributed by atoms with E-state index in [2.05, 4.69) is 10.6 Å². The lowest BCUT2D eigenvalue weighted by Gasteiger charge is -2.19. The first kappa shape index (κ1) is 44.3. The molecule has 0 saturated carbocycles. The summed E-state index contributed by atoms with van der Waals surface area (Å²) in [6, 6.07) is 0. The minimum absolute atomic E-state index is 0.0239. The van der Waals surface area contributed by atoms with Crippen LogP contribution < -0.4 is 16.1 Å². The van der Waals surface area contributed by atoms with Crippen molar-refractivity contribution in [1.82, 2.24) is 16.1 Å². The fourth-order valence-electron chi connectivity index (χ4n) is 2.97. The molecule has 0 unspecified atom stereocenters. The van der Waals surface area contributed by atoms with Gasteiger partial charge in [-0.1, -0.05) is 0 Å². The van der Waals surface area contributed by atoms with Gasteiger partial charge in [0.2, 0.25) is 11.8 Å². The van der Waals surface area contributed by atoms with Gasteiger partial charge in [-0.25, -0.2) is 4.79 Å². The van der Waals surface area contributed by atoms with Crippen LogP contribution in [0.25, 0.3) is 0 Å². The highest BCUT2D eigenvalue weighted by Crippen LogP contribution is 2.06. The first-order chi connectivity index (χ1) is 22.6. The van der Waals surface area contributed by atoms with E-state index in [0.717, 1.165) is 0 Å². The Balaban J connectivity index is 3.27. The third-order valence-electron chi connectivity index (χ3n) is 5.06. The van der Waals surface area contributed by atoms with Crippen LogP contribution in [-0.2, 0) is 61.9 Å². The highest BCUT2D eigenvalue weighted by molar-refractivity contribution is 5.77. The first-order valence-corrected chi connectivity index (χ1v) is 15.6. The predicted molar refractivity (Wildman–Crippen MR) is 165 cm³/mol. The third kappa shape index (κ3) is 37.7. The van der Waals surface area contributed by atoms with Crippen molar-refractivity contribution in [3.05, 3.63) is 0 Å². The van der Waals surface area contributed by atoms with Gasteiger partial charge in [0.25, 0.3) is 0 Å². The van der Waals surface area contributed by atoms with Gasteiger partial charge in [-0.15, -0.1) is 0 Å². The number of amides is 3. The topological polar surface area (TPSA) is 217 Å². The summed E-state index contributed by atoms with van der Waals surface area (Å²) >= 11 is 0. The van der Waals surface area contributed by atoms with Crippen molar-refractivity contribution >= 4 is 23.9 Å². The highest BCUT2D eigenvalue weighted by Gasteiger charge is 2.16. The lowest BCUT2D eigenvalue weighted by atomic mass is 10.2.